The van der Waals surface area contributed by atoms with E-state index in [1.807, 2.05) is 0 Å². The summed E-state index contributed by atoms with van der Waals surface area (Å²) in [6.45, 7) is 11.1. The van der Waals surface area contributed by atoms with E-state index in [1.165, 1.54) is 38.6 Å². The summed E-state index contributed by atoms with van der Waals surface area (Å²) in [6, 6.07) is 1.44. The van der Waals surface area contributed by atoms with Crippen LogP contribution in [0, 0.1) is 5.92 Å². The van der Waals surface area contributed by atoms with Gasteiger partial charge in [-0.15, -0.1) is 0 Å². The first-order valence-electron chi connectivity index (χ1n) is 8.19. The Bertz CT molecular complexity index is 219. The number of nitrogens with zero attached hydrogens (tertiary/aromatic N) is 1. The highest BCUT2D eigenvalue weighted by Gasteiger charge is 2.31. The van der Waals surface area contributed by atoms with E-state index in [2.05, 4.69) is 31.0 Å². The third-order valence-corrected chi connectivity index (χ3v) is 4.45. The summed E-state index contributed by atoms with van der Waals surface area (Å²) in [4.78, 5) is 2.64. The van der Waals surface area contributed by atoms with E-state index < -0.39 is 0 Å². The average molecular weight is 270 g/mol. The van der Waals surface area contributed by atoms with Gasteiger partial charge < -0.3 is 10.1 Å². The second kappa shape index (κ2) is 9.73. The molecule has 114 valence electrons. The number of hydrogen-bond donors (Lipinski definition) is 1. The summed E-state index contributed by atoms with van der Waals surface area (Å²) >= 11 is 0. The summed E-state index contributed by atoms with van der Waals surface area (Å²) in [5, 5.41) is 3.57. The molecule has 0 radical (unpaired) electrons. The first-order chi connectivity index (χ1) is 9.22. The van der Waals surface area contributed by atoms with Crippen molar-refractivity contribution in [2.75, 3.05) is 33.4 Å². The summed E-state index contributed by atoms with van der Waals surface area (Å²) in [7, 11) is 1.80. The molecule has 0 amide bonds. The van der Waals surface area contributed by atoms with Gasteiger partial charge in [-0.25, -0.2) is 0 Å². The van der Waals surface area contributed by atoms with Crippen LogP contribution in [0.25, 0.3) is 0 Å². The minimum Gasteiger partial charge on any atom is -0.383 e. The molecule has 1 N–H and O–H groups in total. The predicted molar refractivity (Wildman–Crippen MR) is 82.6 cm³/mol. The summed E-state index contributed by atoms with van der Waals surface area (Å²) in [6.07, 6.45) is 6.70. The van der Waals surface area contributed by atoms with Gasteiger partial charge in [0.1, 0.15) is 0 Å². The lowest BCUT2D eigenvalue weighted by molar-refractivity contribution is 0.114. The summed E-state index contributed by atoms with van der Waals surface area (Å²) in [5.41, 5.74) is 0. The quantitative estimate of drug-likeness (QED) is 0.590. The molecule has 0 aromatic heterocycles. The van der Waals surface area contributed by atoms with Crippen LogP contribution in [0.15, 0.2) is 0 Å². The predicted octanol–water partition coefficient (Wildman–Crippen LogP) is 2.90. The van der Waals surface area contributed by atoms with Gasteiger partial charge in [-0.1, -0.05) is 13.8 Å². The molecule has 0 saturated heterocycles. The Labute approximate surface area is 120 Å². The normalized spacial score (nSPS) is 18.8. The van der Waals surface area contributed by atoms with Gasteiger partial charge in [0, 0.05) is 25.7 Å². The van der Waals surface area contributed by atoms with Gasteiger partial charge in [0.25, 0.3) is 0 Å². The van der Waals surface area contributed by atoms with Crippen LogP contribution < -0.4 is 5.32 Å². The van der Waals surface area contributed by atoms with Crippen LogP contribution in [0.4, 0.5) is 0 Å². The second-order valence-electron chi connectivity index (χ2n) is 5.91. The third kappa shape index (κ3) is 6.73. The lowest BCUT2D eigenvalue weighted by atomic mass is 10.1. The van der Waals surface area contributed by atoms with E-state index in [-0.39, 0.29) is 0 Å². The fourth-order valence-electron chi connectivity index (χ4n) is 2.88. The molecule has 3 nitrogen and oxygen atoms in total. The molecule has 1 aliphatic rings. The van der Waals surface area contributed by atoms with Gasteiger partial charge in [-0.05, 0) is 58.0 Å². The van der Waals surface area contributed by atoms with Crippen molar-refractivity contribution in [2.24, 2.45) is 5.92 Å². The lowest BCUT2D eigenvalue weighted by Gasteiger charge is -2.29. The Balaban J connectivity index is 2.26. The Morgan fingerprint density at radius 3 is 2.53 bits per heavy atom. The molecule has 0 aromatic carbocycles. The van der Waals surface area contributed by atoms with Crippen molar-refractivity contribution in [1.82, 2.24) is 10.2 Å². The van der Waals surface area contributed by atoms with Gasteiger partial charge in [0.15, 0.2) is 0 Å². The van der Waals surface area contributed by atoms with Crippen LogP contribution in [0.1, 0.15) is 52.9 Å². The van der Waals surface area contributed by atoms with Crippen LogP contribution in [0.2, 0.25) is 0 Å². The molecule has 1 aliphatic carbocycles. The monoisotopic (exact) mass is 270 g/mol. The first-order valence-corrected chi connectivity index (χ1v) is 8.19. The van der Waals surface area contributed by atoms with E-state index in [0.29, 0.717) is 6.04 Å². The molecule has 1 saturated carbocycles. The Hall–Kier alpha value is -0.120. The van der Waals surface area contributed by atoms with E-state index in [1.54, 1.807) is 7.11 Å². The van der Waals surface area contributed by atoms with Gasteiger partial charge in [-0.3, -0.25) is 4.90 Å². The van der Waals surface area contributed by atoms with Crippen molar-refractivity contribution in [3.8, 4) is 0 Å². The molecular weight excluding hydrogens is 236 g/mol. The van der Waals surface area contributed by atoms with Gasteiger partial charge in [0.2, 0.25) is 0 Å². The lowest BCUT2D eigenvalue weighted by Crippen LogP contribution is -2.38. The van der Waals surface area contributed by atoms with Crippen molar-refractivity contribution >= 4 is 0 Å². The fraction of sp³-hybridized carbons (Fsp3) is 1.00. The maximum atomic E-state index is 5.26. The molecular formula is C16H34N2O. The highest BCUT2D eigenvalue weighted by molar-refractivity contribution is 4.85. The standard InChI is InChI=1S/C16H34N2O/c1-5-16(17-6-2)8-7-11-18(12-13-19-4)14(3)15-9-10-15/h14-17H,5-13H2,1-4H3. The number of methoxy groups -OCH3 is 1. The van der Waals surface area contributed by atoms with Crippen molar-refractivity contribution in [3.63, 3.8) is 0 Å². The molecule has 3 heteroatoms. The van der Waals surface area contributed by atoms with Crippen molar-refractivity contribution in [3.05, 3.63) is 0 Å². The minimum atomic E-state index is 0.700. The van der Waals surface area contributed by atoms with Crippen molar-refractivity contribution < 1.29 is 4.74 Å². The molecule has 0 heterocycles. The first kappa shape index (κ1) is 16.9. The molecule has 2 atom stereocenters. The zero-order valence-electron chi connectivity index (χ0n) is 13.5. The maximum Gasteiger partial charge on any atom is 0.0589 e. The van der Waals surface area contributed by atoms with Crippen LogP contribution in [0.5, 0.6) is 0 Å². The number of rotatable bonds is 12. The van der Waals surface area contributed by atoms with Gasteiger partial charge in [0.05, 0.1) is 6.61 Å². The highest BCUT2D eigenvalue weighted by Crippen LogP contribution is 2.35. The van der Waals surface area contributed by atoms with E-state index in [4.69, 9.17) is 4.74 Å². The molecule has 0 spiro atoms. The Morgan fingerprint density at radius 2 is 2.00 bits per heavy atom. The molecule has 19 heavy (non-hydrogen) atoms. The second-order valence-corrected chi connectivity index (χ2v) is 5.91. The van der Waals surface area contributed by atoms with Crippen LogP contribution in [-0.4, -0.2) is 50.3 Å². The smallest absolute Gasteiger partial charge is 0.0589 e. The van der Waals surface area contributed by atoms with E-state index in [0.717, 1.165) is 31.7 Å². The SMILES string of the molecule is CCNC(CC)CCCN(CCOC)C(C)C1CC1. The third-order valence-electron chi connectivity index (χ3n) is 4.45. The molecule has 1 rings (SSSR count). The zero-order valence-corrected chi connectivity index (χ0v) is 13.5. The molecule has 0 bridgehead atoms. The number of ether oxygens (including phenoxy) is 1. The molecule has 0 aliphatic heterocycles. The van der Waals surface area contributed by atoms with Crippen LogP contribution in [0.3, 0.4) is 0 Å². The molecule has 0 aromatic rings. The summed E-state index contributed by atoms with van der Waals surface area (Å²) in [5.74, 6) is 0.951. The van der Waals surface area contributed by atoms with Gasteiger partial charge >= 0.3 is 0 Å². The van der Waals surface area contributed by atoms with Crippen molar-refractivity contribution in [2.45, 2.75) is 65.0 Å². The minimum absolute atomic E-state index is 0.700. The molecule has 1 fully saturated rings. The van der Waals surface area contributed by atoms with Crippen LogP contribution in [-0.2, 0) is 4.74 Å². The maximum absolute atomic E-state index is 5.26. The van der Waals surface area contributed by atoms with E-state index >= 15 is 0 Å². The highest BCUT2D eigenvalue weighted by atomic mass is 16.5. The molecule has 2 unspecified atom stereocenters. The summed E-state index contributed by atoms with van der Waals surface area (Å²) < 4.78 is 5.26. The van der Waals surface area contributed by atoms with E-state index in [9.17, 15) is 0 Å². The number of nitrogens with one attached hydrogen (secondary N) is 1. The number of hydrogen-bond acceptors (Lipinski definition) is 3. The average Bonchev–Trinajstić information content (AvgIpc) is 3.25. The van der Waals surface area contributed by atoms with Crippen LogP contribution >= 0.6 is 0 Å². The zero-order chi connectivity index (χ0) is 14.1. The van der Waals surface area contributed by atoms with Gasteiger partial charge in [-0.2, -0.15) is 0 Å². The topological polar surface area (TPSA) is 24.5 Å². The fourth-order valence-corrected chi connectivity index (χ4v) is 2.88. The Kier molecular flexibility index (Phi) is 8.67. The van der Waals surface area contributed by atoms with Crippen molar-refractivity contribution in [1.29, 1.82) is 0 Å². The Morgan fingerprint density at radius 1 is 1.26 bits per heavy atom. The largest absolute Gasteiger partial charge is 0.383 e.